The van der Waals surface area contributed by atoms with E-state index in [1.54, 1.807) is 6.07 Å². The molecule has 0 aromatic heterocycles. The summed E-state index contributed by atoms with van der Waals surface area (Å²) in [5.41, 5.74) is 4.64. The van der Waals surface area contributed by atoms with Gasteiger partial charge < -0.3 is 15.1 Å². The van der Waals surface area contributed by atoms with E-state index >= 15 is 0 Å². The van der Waals surface area contributed by atoms with Gasteiger partial charge in [-0.05, 0) is 41.5 Å². The molecule has 4 aromatic carbocycles. The molecular weight excluding hydrogens is 449 g/mol. The highest BCUT2D eigenvalue weighted by Gasteiger charge is 2.24. The Morgan fingerprint density at radius 2 is 1.33 bits per heavy atom. The molecule has 0 saturated carbocycles. The molecule has 0 aliphatic carbocycles. The molecule has 182 valence electrons. The first-order valence-corrected chi connectivity index (χ1v) is 12.5. The van der Waals surface area contributed by atoms with Crippen molar-refractivity contribution in [3.05, 3.63) is 132 Å². The molecule has 4 aromatic rings. The van der Waals surface area contributed by atoms with Crippen molar-refractivity contribution in [1.29, 1.82) is 0 Å². The first-order valence-electron chi connectivity index (χ1n) is 12.5. The van der Waals surface area contributed by atoms with E-state index in [2.05, 4.69) is 22.3 Å². The lowest BCUT2D eigenvalue weighted by Crippen LogP contribution is -3.13. The Hall–Kier alpha value is -3.96. The zero-order valence-corrected chi connectivity index (χ0v) is 20.2. The van der Waals surface area contributed by atoms with Crippen LogP contribution in [0.2, 0.25) is 0 Å². The summed E-state index contributed by atoms with van der Waals surface area (Å²) in [6, 6.07) is 34.9. The largest absolute Gasteiger partial charge is 0.360 e. The van der Waals surface area contributed by atoms with Gasteiger partial charge in [0.2, 0.25) is 5.91 Å². The molecule has 1 aliphatic heterocycles. The highest BCUT2D eigenvalue weighted by Crippen LogP contribution is 2.27. The number of carbonyl (C=O) groups excluding carboxylic acids is 1. The molecule has 1 fully saturated rings. The molecule has 36 heavy (non-hydrogen) atoms. The monoisotopic (exact) mass is 480 g/mol. The van der Waals surface area contributed by atoms with Crippen molar-refractivity contribution in [1.82, 2.24) is 0 Å². The molecule has 5 rings (SSSR count). The summed E-state index contributed by atoms with van der Waals surface area (Å²) in [5.74, 6) is -0.546. The fourth-order valence-corrected chi connectivity index (χ4v) is 4.93. The number of quaternary nitrogens is 1. The lowest BCUT2D eigenvalue weighted by molar-refractivity contribution is -0.914. The minimum atomic E-state index is -0.377. The van der Waals surface area contributed by atoms with E-state index in [-0.39, 0.29) is 17.6 Å². The lowest BCUT2D eigenvalue weighted by Gasteiger charge is -2.33. The van der Waals surface area contributed by atoms with Crippen molar-refractivity contribution >= 4 is 17.3 Å². The van der Waals surface area contributed by atoms with E-state index in [9.17, 15) is 9.18 Å². The van der Waals surface area contributed by atoms with E-state index in [1.807, 2.05) is 84.9 Å². The van der Waals surface area contributed by atoms with Crippen LogP contribution in [0.5, 0.6) is 0 Å². The number of carbonyl (C=O) groups is 1. The minimum absolute atomic E-state index is 0.0505. The summed E-state index contributed by atoms with van der Waals surface area (Å²) < 4.78 is 14.0. The van der Waals surface area contributed by atoms with Gasteiger partial charge in [0, 0.05) is 16.9 Å². The van der Waals surface area contributed by atoms with E-state index in [1.165, 1.54) is 11.0 Å². The summed E-state index contributed by atoms with van der Waals surface area (Å²) in [4.78, 5) is 17.1. The van der Waals surface area contributed by atoms with Gasteiger partial charge in [0.15, 0.2) is 0 Å². The Balaban J connectivity index is 1.21. The number of halogens is 1. The third-order valence-corrected chi connectivity index (χ3v) is 6.90. The lowest BCUT2D eigenvalue weighted by atomic mass is 9.90. The Bertz CT molecular complexity index is 1230. The van der Waals surface area contributed by atoms with Gasteiger partial charge in [-0.25, -0.2) is 4.39 Å². The Labute approximate surface area is 212 Å². The van der Waals surface area contributed by atoms with Crippen LogP contribution in [0, 0.1) is 5.82 Å². The van der Waals surface area contributed by atoms with E-state index < -0.39 is 0 Å². The van der Waals surface area contributed by atoms with Crippen molar-refractivity contribution in [3.63, 3.8) is 0 Å². The van der Waals surface area contributed by atoms with Gasteiger partial charge in [0.05, 0.1) is 32.1 Å². The average molecular weight is 481 g/mol. The van der Waals surface area contributed by atoms with Crippen LogP contribution in [-0.4, -0.2) is 32.1 Å². The van der Waals surface area contributed by atoms with Crippen molar-refractivity contribution < 1.29 is 14.1 Å². The molecule has 0 radical (unpaired) electrons. The average Bonchev–Trinajstić information content (AvgIpc) is 2.92. The van der Waals surface area contributed by atoms with Crippen LogP contribution in [0.25, 0.3) is 0 Å². The number of nitrogens with one attached hydrogen (secondary N) is 2. The van der Waals surface area contributed by atoms with E-state index in [4.69, 9.17) is 0 Å². The molecule has 0 spiro atoms. The minimum Gasteiger partial charge on any atom is -0.360 e. The van der Waals surface area contributed by atoms with Crippen LogP contribution in [0.15, 0.2) is 109 Å². The SMILES string of the molecule is O=C(Nc1ccc(N2CC[NH+](Cc3ccccc3F)CC2)cc1)C(c1ccccc1)c1ccccc1. The Kier molecular flexibility index (Phi) is 7.39. The molecule has 1 aliphatic rings. The van der Waals surface area contributed by atoms with Crippen LogP contribution in [0.3, 0.4) is 0 Å². The highest BCUT2D eigenvalue weighted by atomic mass is 19.1. The van der Waals surface area contributed by atoms with Gasteiger partial charge in [-0.2, -0.15) is 0 Å². The number of anilines is 2. The molecule has 5 heteroatoms. The quantitative estimate of drug-likeness (QED) is 0.409. The van der Waals surface area contributed by atoms with E-state index in [0.29, 0.717) is 0 Å². The van der Waals surface area contributed by atoms with Crippen LogP contribution >= 0.6 is 0 Å². The second kappa shape index (κ2) is 11.2. The summed E-state index contributed by atoms with van der Waals surface area (Å²) in [7, 11) is 0. The van der Waals surface area contributed by atoms with Gasteiger partial charge in [0.1, 0.15) is 12.4 Å². The fourth-order valence-electron chi connectivity index (χ4n) is 4.93. The van der Waals surface area contributed by atoms with Crippen LogP contribution < -0.4 is 15.1 Å². The van der Waals surface area contributed by atoms with Crippen molar-refractivity contribution in [2.45, 2.75) is 12.5 Å². The van der Waals surface area contributed by atoms with Gasteiger partial charge in [0.25, 0.3) is 0 Å². The molecule has 2 N–H and O–H groups in total. The van der Waals surface area contributed by atoms with Gasteiger partial charge in [-0.3, -0.25) is 4.79 Å². The standard InChI is InChI=1S/C31H30FN3O/c32-29-14-8-7-13-26(29)23-34-19-21-35(22-20-34)28-17-15-27(16-18-28)33-31(36)30(24-9-3-1-4-10-24)25-11-5-2-6-12-25/h1-18,30H,19-23H2,(H,33,36)/p+1. The molecule has 0 atom stereocenters. The van der Waals surface area contributed by atoms with Crippen LogP contribution in [0.4, 0.5) is 15.8 Å². The number of benzene rings is 4. The zero-order chi connectivity index (χ0) is 24.7. The predicted octanol–water partition coefficient (Wildman–Crippen LogP) is 4.50. The number of hydrogen-bond acceptors (Lipinski definition) is 2. The summed E-state index contributed by atoms with van der Waals surface area (Å²) in [5, 5.41) is 3.11. The number of hydrogen-bond donors (Lipinski definition) is 2. The number of rotatable bonds is 7. The molecule has 4 nitrogen and oxygen atoms in total. The Morgan fingerprint density at radius 1 is 0.778 bits per heavy atom. The molecular formula is C31H31FN3O+. The molecule has 1 amide bonds. The second-order valence-corrected chi connectivity index (χ2v) is 9.30. The highest BCUT2D eigenvalue weighted by molar-refractivity contribution is 5.98. The molecule has 1 saturated heterocycles. The van der Waals surface area contributed by atoms with Gasteiger partial charge in [-0.1, -0.05) is 78.9 Å². The third kappa shape index (κ3) is 5.64. The maximum absolute atomic E-state index is 14.0. The fraction of sp³-hybridized carbons (Fsp3) is 0.194. The summed E-state index contributed by atoms with van der Waals surface area (Å²) in [6.45, 7) is 4.47. The maximum atomic E-state index is 14.0. The first kappa shape index (κ1) is 23.8. The van der Waals surface area contributed by atoms with Crippen LogP contribution in [-0.2, 0) is 11.3 Å². The maximum Gasteiger partial charge on any atom is 0.236 e. The zero-order valence-electron chi connectivity index (χ0n) is 20.2. The van der Waals surface area contributed by atoms with Crippen molar-refractivity contribution in [2.75, 3.05) is 36.4 Å². The third-order valence-electron chi connectivity index (χ3n) is 6.90. The van der Waals surface area contributed by atoms with Gasteiger partial charge >= 0.3 is 0 Å². The number of nitrogens with zero attached hydrogens (tertiary/aromatic N) is 1. The molecule has 0 unspecified atom stereocenters. The predicted molar refractivity (Wildman–Crippen MR) is 143 cm³/mol. The topological polar surface area (TPSA) is 36.8 Å². The van der Waals surface area contributed by atoms with Crippen molar-refractivity contribution in [2.24, 2.45) is 0 Å². The smallest absolute Gasteiger partial charge is 0.236 e. The molecule has 1 heterocycles. The van der Waals surface area contributed by atoms with Gasteiger partial charge in [-0.15, -0.1) is 0 Å². The van der Waals surface area contributed by atoms with Crippen molar-refractivity contribution in [3.8, 4) is 0 Å². The molecule has 0 bridgehead atoms. The van der Waals surface area contributed by atoms with Crippen LogP contribution in [0.1, 0.15) is 22.6 Å². The Morgan fingerprint density at radius 3 is 1.92 bits per heavy atom. The second-order valence-electron chi connectivity index (χ2n) is 9.30. The first-order chi connectivity index (χ1) is 17.7. The normalized spacial score (nSPS) is 14.1. The van der Waals surface area contributed by atoms with E-state index in [0.717, 1.165) is 60.8 Å². The number of amides is 1. The summed E-state index contributed by atoms with van der Waals surface area (Å²) in [6.07, 6.45) is 0. The summed E-state index contributed by atoms with van der Waals surface area (Å²) >= 11 is 0. The number of piperazine rings is 1.